The molecule has 3 N–H and O–H groups in total. The van der Waals surface area contributed by atoms with Crippen LogP contribution in [-0.2, 0) is 9.53 Å². The zero-order valence-electron chi connectivity index (χ0n) is 12.9. The molecule has 0 spiro atoms. The summed E-state index contributed by atoms with van der Waals surface area (Å²) in [6.07, 6.45) is 1.84. The molecule has 0 aromatic carbocycles. The highest BCUT2D eigenvalue weighted by Crippen LogP contribution is 2.33. The van der Waals surface area contributed by atoms with Gasteiger partial charge in [-0.15, -0.1) is 0 Å². The van der Waals surface area contributed by atoms with Crippen molar-refractivity contribution in [1.82, 2.24) is 4.90 Å². The van der Waals surface area contributed by atoms with E-state index in [-0.39, 0.29) is 17.8 Å². The number of carbonyl (C=O) groups excluding carboxylic acids is 1. The molecule has 0 aliphatic carbocycles. The molecule has 1 aliphatic heterocycles. The largest absolute Gasteiger partial charge is 0.409 e. The van der Waals surface area contributed by atoms with Crippen LogP contribution in [0.4, 0.5) is 0 Å². The number of amides is 1. The molecule has 1 unspecified atom stereocenters. The van der Waals surface area contributed by atoms with E-state index in [1.165, 1.54) is 0 Å². The molecule has 0 aromatic heterocycles. The minimum Gasteiger partial charge on any atom is -0.409 e. The van der Waals surface area contributed by atoms with E-state index < -0.39 is 5.41 Å². The van der Waals surface area contributed by atoms with Gasteiger partial charge in [0.15, 0.2) is 5.84 Å². The van der Waals surface area contributed by atoms with Crippen LogP contribution in [-0.4, -0.2) is 48.2 Å². The van der Waals surface area contributed by atoms with Crippen LogP contribution >= 0.6 is 0 Å². The summed E-state index contributed by atoms with van der Waals surface area (Å²) in [7, 11) is 1.79. The first-order valence-corrected chi connectivity index (χ1v) is 7.18. The number of oxime groups is 1. The molecular weight excluding hydrogens is 258 g/mol. The van der Waals surface area contributed by atoms with E-state index in [0.717, 1.165) is 6.42 Å². The van der Waals surface area contributed by atoms with Crippen molar-refractivity contribution in [2.45, 2.75) is 46.1 Å². The maximum Gasteiger partial charge on any atom is 0.236 e. The predicted octanol–water partition coefficient (Wildman–Crippen LogP) is 1.42. The topological polar surface area (TPSA) is 88.2 Å². The van der Waals surface area contributed by atoms with Gasteiger partial charge in [0.2, 0.25) is 5.91 Å². The fourth-order valence-corrected chi connectivity index (χ4v) is 2.77. The van der Waals surface area contributed by atoms with Gasteiger partial charge in [-0.1, -0.05) is 19.0 Å². The van der Waals surface area contributed by atoms with Crippen molar-refractivity contribution >= 4 is 11.7 Å². The Bertz CT molecular complexity index is 363. The van der Waals surface area contributed by atoms with E-state index in [1.54, 1.807) is 11.9 Å². The number of amidine groups is 1. The first-order valence-electron chi connectivity index (χ1n) is 7.18. The highest BCUT2D eigenvalue weighted by Gasteiger charge is 2.46. The second kappa shape index (κ2) is 6.92. The van der Waals surface area contributed by atoms with Crippen LogP contribution in [0.5, 0.6) is 0 Å². The van der Waals surface area contributed by atoms with Crippen molar-refractivity contribution in [3.05, 3.63) is 0 Å². The molecule has 0 saturated carbocycles. The van der Waals surface area contributed by atoms with Crippen LogP contribution < -0.4 is 5.73 Å². The number of nitrogens with two attached hydrogens (primary N) is 1. The molecule has 20 heavy (non-hydrogen) atoms. The maximum absolute atomic E-state index is 12.8. The Morgan fingerprint density at radius 1 is 1.40 bits per heavy atom. The van der Waals surface area contributed by atoms with Gasteiger partial charge < -0.3 is 20.6 Å². The van der Waals surface area contributed by atoms with Crippen LogP contribution in [0, 0.1) is 11.3 Å². The van der Waals surface area contributed by atoms with Gasteiger partial charge in [0.1, 0.15) is 5.41 Å². The van der Waals surface area contributed by atoms with Gasteiger partial charge in [-0.05, 0) is 32.1 Å². The third-order valence-electron chi connectivity index (χ3n) is 4.15. The summed E-state index contributed by atoms with van der Waals surface area (Å²) in [5.41, 5.74) is 4.90. The summed E-state index contributed by atoms with van der Waals surface area (Å²) < 4.78 is 5.31. The van der Waals surface area contributed by atoms with E-state index in [1.807, 2.05) is 6.92 Å². The third kappa shape index (κ3) is 3.42. The lowest BCUT2D eigenvalue weighted by atomic mass is 9.77. The van der Waals surface area contributed by atoms with Crippen molar-refractivity contribution in [2.24, 2.45) is 22.2 Å². The molecule has 1 heterocycles. The molecule has 1 amide bonds. The van der Waals surface area contributed by atoms with Crippen molar-refractivity contribution in [2.75, 3.05) is 20.3 Å². The summed E-state index contributed by atoms with van der Waals surface area (Å²) >= 11 is 0. The van der Waals surface area contributed by atoms with E-state index in [9.17, 15) is 4.79 Å². The third-order valence-corrected chi connectivity index (χ3v) is 4.15. The van der Waals surface area contributed by atoms with Crippen molar-refractivity contribution in [3.63, 3.8) is 0 Å². The Morgan fingerprint density at radius 2 is 1.95 bits per heavy atom. The van der Waals surface area contributed by atoms with Crippen molar-refractivity contribution < 1.29 is 14.7 Å². The van der Waals surface area contributed by atoms with E-state index in [2.05, 4.69) is 19.0 Å². The molecule has 1 rings (SSSR count). The molecule has 1 fully saturated rings. The Labute approximate surface area is 120 Å². The molecule has 0 radical (unpaired) electrons. The van der Waals surface area contributed by atoms with Crippen LogP contribution in [0.2, 0.25) is 0 Å². The second-order valence-electron chi connectivity index (χ2n) is 6.07. The smallest absolute Gasteiger partial charge is 0.236 e. The van der Waals surface area contributed by atoms with Gasteiger partial charge in [-0.2, -0.15) is 0 Å². The highest BCUT2D eigenvalue weighted by molar-refractivity contribution is 6.06. The lowest BCUT2D eigenvalue weighted by molar-refractivity contribution is -0.143. The maximum atomic E-state index is 12.8. The molecule has 1 aliphatic rings. The average Bonchev–Trinajstić information content (AvgIpc) is 2.44. The van der Waals surface area contributed by atoms with Gasteiger partial charge in [-0.25, -0.2) is 0 Å². The molecule has 116 valence electrons. The Kier molecular flexibility index (Phi) is 5.80. The molecule has 1 saturated heterocycles. The zero-order valence-corrected chi connectivity index (χ0v) is 12.9. The first kappa shape index (κ1) is 16.8. The highest BCUT2D eigenvalue weighted by atomic mass is 16.5. The zero-order chi connectivity index (χ0) is 15.3. The molecule has 1 atom stereocenters. The summed E-state index contributed by atoms with van der Waals surface area (Å²) in [6, 6.07) is 0.119. The lowest BCUT2D eigenvalue weighted by Gasteiger charge is -2.39. The van der Waals surface area contributed by atoms with Gasteiger partial charge in [0.05, 0.1) is 0 Å². The first-order chi connectivity index (χ1) is 9.35. The molecular formula is C14H27N3O3. The minimum atomic E-state index is -0.924. The molecule has 0 aromatic rings. The number of ether oxygens (including phenoxy) is 1. The lowest BCUT2D eigenvalue weighted by Crippen LogP contribution is -2.55. The Hall–Kier alpha value is -1.30. The van der Waals surface area contributed by atoms with Crippen molar-refractivity contribution in [1.29, 1.82) is 0 Å². The SMILES string of the molecule is CC(C)CC(C)N(C)C(=O)C1(C(N)=NO)CCOCC1. The van der Waals surface area contributed by atoms with Crippen LogP contribution in [0.3, 0.4) is 0 Å². The quantitative estimate of drug-likeness (QED) is 0.346. The monoisotopic (exact) mass is 285 g/mol. The van der Waals surface area contributed by atoms with Gasteiger partial charge in [0, 0.05) is 26.3 Å². The van der Waals surface area contributed by atoms with Crippen molar-refractivity contribution in [3.8, 4) is 0 Å². The second-order valence-corrected chi connectivity index (χ2v) is 6.07. The summed E-state index contributed by atoms with van der Waals surface area (Å²) in [5.74, 6) is 0.424. The standard InChI is InChI=1S/C14H27N3O3/c1-10(2)9-11(3)17(4)13(18)14(12(15)16-19)5-7-20-8-6-14/h10-11,19H,5-9H2,1-4H3,(H2,15,16). The normalized spacial score (nSPS) is 20.8. The average molecular weight is 285 g/mol. The Balaban J connectivity index is 2.94. The molecule has 6 heteroatoms. The van der Waals surface area contributed by atoms with E-state index in [0.29, 0.717) is 32.0 Å². The van der Waals surface area contributed by atoms with E-state index >= 15 is 0 Å². The summed E-state index contributed by atoms with van der Waals surface area (Å²) in [6.45, 7) is 7.19. The number of hydrogen-bond donors (Lipinski definition) is 2. The van der Waals surface area contributed by atoms with Gasteiger partial charge in [-0.3, -0.25) is 4.79 Å². The van der Waals surface area contributed by atoms with Crippen LogP contribution in [0.15, 0.2) is 5.16 Å². The van der Waals surface area contributed by atoms with Crippen LogP contribution in [0.25, 0.3) is 0 Å². The minimum absolute atomic E-state index is 0.00519. The van der Waals surface area contributed by atoms with Crippen LogP contribution in [0.1, 0.15) is 40.0 Å². The van der Waals surface area contributed by atoms with Gasteiger partial charge in [0.25, 0.3) is 0 Å². The predicted molar refractivity (Wildman–Crippen MR) is 77.6 cm³/mol. The summed E-state index contributed by atoms with van der Waals surface area (Å²) in [5, 5.41) is 12.1. The fourth-order valence-electron chi connectivity index (χ4n) is 2.77. The number of carbonyl (C=O) groups is 1. The van der Waals surface area contributed by atoms with Gasteiger partial charge >= 0.3 is 0 Å². The summed E-state index contributed by atoms with van der Waals surface area (Å²) in [4.78, 5) is 14.6. The number of nitrogens with zero attached hydrogens (tertiary/aromatic N) is 2. The fraction of sp³-hybridized carbons (Fsp3) is 0.857. The number of hydrogen-bond acceptors (Lipinski definition) is 4. The molecule has 0 bridgehead atoms. The molecule has 6 nitrogen and oxygen atoms in total. The van der Waals surface area contributed by atoms with E-state index in [4.69, 9.17) is 15.7 Å². The number of rotatable bonds is 5. The Morgan fingerprint density at radius 3 is 2.40 bits per heavy atom.